The van der Waals surface area contributed by atoms with Crippen molar-refractivity contribution in [3.8, 4) is 0 Å². The third kappa shape index (κ3) is 2.23. The average molecular weight is 272 g/mol. The van der Waals surface area contributed by atoms with Crippen LogP contribution in [0.3, 0.4) is 0 Å². The Balaban J connectivity index is 1.94. The molecule has 2 heterocycles. The van der Waals surface area contributed by atoms with E-state index in [9.17, 15) is 0 Å². The van der Waals surface area contributed by atoms with Crippen molar-refractivity contribution in [1.82, 2.24) is 14.5 Å². The highest BCUT2D eigenvalue weighted by Gasteiger charge is 2.29. The van der Waals surface area contributed by atoms with Crippen LogP contribution in [0.15, 0.2) is 24.5 Å². The fraction of sp³-hybridized carbons (Fsp3) is 0.562. The number of rotatable bonds is 3. The molecule has 2 N–H and O–H groups in total. The van der Waals surface area contributed by atoms with Crippen LogP contribution in [0.4, 0.5) is 0 Å². The van der Waals surface area contributed by atoms with Gasteiger partial charge in [-0.1, -0.05) is 6.07 Å². The minimum Gasteiger partial charge on any atom is -0.330 e. The number of hydrogen-bond donors (Lipinski definition) is 1. The van der Waals surface area contributed by atoms with E-state index in [-0.39, 0.29) is 0 Å². The largest absolute Gasteiger partial charge is 0.330 e. The summed E-state index contributed by atoms with van der Waals surface area (Å²) in [5.74, 6) is 0.619. The Morgan fingerprint density at radius 2 is 2.20 bits per heavy atom. The van der Waals surface area contributed by atoms with E-state index >= 15 is 0 Å². The summed E-state index contributed by atoms with van der Waals surface area (Å²) in [5, 5.41) is 0. The van der Waals surface area contributed by atoms with E-state index in [4.69, 9.17) is 5.73 Å². The highest BCUT2D eigenvalue weighted by Crippen LogP contribution is 2.34. The van der Waals surface area contributed by atoms with Gasteiger partial charge >= 0.3 is 0 Å². The van der Waals surface area contributed by atoms with Crippen LogP contribution < -0.4 is 5.73 Å². The zero-order valence-corrected chi connectivity index (χ0v) is 12.6. The summed E-state index contributed by atoms with van der Waals surface area (Å²) in [6.07, 6.45) is 3.10. The van der Waals surface area contributed by atoms with Crippen molar-refractivity contribution in [2.45, 2.75) is 32.4 Å². The molecule has 4 nitrogen and oxygen atoms in total. The second kappa shape index (κ2) is 5.19. The van der Waals surface area contributed by atoms with Crippen LogP contribution in [-0.4, -0.2) is 34.6 Å². The smallest absolute Gasteiger partial charge is 0.0960 e. The monoisotopic (exact) mass is 272 g/mol. The van der Waals surface area contributed by atoms with Gasteiger partial charge in [0.25, 0.3) is 0 Å². The fourth-order valence-corrected chi connectivity index (χ4v) is 3.33. The topological polar surface area (TPSA) is 47.1 Å². The molecule has 2 unspecified atom stereocenters. The van der Waals surface area contributed by atoms with E-state index in [2.05, 4.69) is 53.5 Å². The second-order valence-electron chi connectivity index (χ2n) is 6.29. The molecule has 2 atom stereocenters. The molecular formula is C16H24N4. The molecule has 1 aromatic heterocycles. The van der Waals surface area contributed by atoms with Gasteiger partial charge in [0.05, 0.1) is 17.4 Å². The van der Waals surface area contributed by atoms with Gasteiger partial charge in [-0.3, -0.25) is 4.90 Å². The molecule has 0 bridgehead atoms. The maximum absolute atomic E-state index is 5.82. The van der Waals surface area contributed by atoms with Crippen LogP contribution in [0.2, 0.25) is 0 Å². The van der Waals surface area contributed by atoms with Gasteiger partial charge in [0.15, 0.2) is 0 Å². The van der Waals surface area contributed by atoms with Gasteiger partial charge < -0.3 is 10.3 Å². The van der Waals surface area contributed by atoms with Gasteiger partial charge in [-0.05, 0) is 57.5 Å². The predicted molar refractivity (Wildman–Crippen MR) is 82.7 cm³/mol. The first kappa shape index (κ1) is 13.6. The van der Waals surface area contributed by atoms with E-state index in [1.54, 1.807) is 0 Å². The number of benzene rings is 1. The number of nitrogens with two attached hydrogens (primary N) is 1. The van der Waals surface area contributed by atoms with Crippen molar-refractivity contribution in [3.63, 3.8) is 0 Å². The van der Waals surface area contributed by atoms with Crippen LogP contribution in [0.25, 0.3) is 11.0 Å². The summed E-state index contributed by atoms with van der Waals surface area (Å²) >= 11 is 0. The summed E-state index contributed by atoms with van der Waals surface area (Å²) in [7, 11) is 2.19. The average Bonchev–Trinajstić information content (AvgIpc) is 3.01. The molecule has 3 rings (SSSR count). The van der Waals surface area contributed by atoms with Crippen LogP contribution in [0.5, 0.6) is 0 Å². The van der Waals surface area contributed by atoms with Crippen molar-refractivity contribution >= 4 is 11.0 Å². The van der Waals surface area contributed by atoms with Crippen LogP contribution in [0, 0.1) is 5.92 Å². The first-order chi connectivity index (χ1) is 9.60. The predicted octanol–water partition coefficient (Wildman–Crippen LogP) is 2.57. The number of nitrogens with zero attached hydrogens (tertiary/aromatic N) is 3. The van der Waals surface area contributed by atoms with Gasteiger partial charge in [0.2, 0.25) is 0 Å². The summed E-state index contributed by atoms with van der Waals surface area (Å²) in [6.45, 7) is 6.25. The SMILES string of the molecule is CC(C)n1cnc2cc(C3CC(CN)CN3C)ccc21. The van der Waals surface area contributed by atoms with E-state index in [0.29, 0.717) is 18.0 Å². The third-order valence-electron chi connectivity index (χ3n) is 4.51. The second-order valence-corrected chi connectivity index (χ2v) is 6.29. The Morgan fingerprint density at radius 3 is 2.85 bits per heavy atom. The Kier molecular flexibility index (Phi) is 3.52. The summed E-state index contributed by atoms with van der Waals surface area (Å²) in [5.41, 5.74) is 9.51. The molecule has 0 radical (unpaired) electrons. The normalized spacial score (nSPS) is 24.1. The Hall–Kier alpha value is -1.39. The number of likely N-dealkylation sites (tertiary alicyclic amines) is 1. The zero-order valence-electron chi connectivity index (χ0n) is 12.6. The molecule has 1 aliphatic heterocycles. The standard InChI is InChI=1S/C16H24N4/c1-11(2)20-10-18-14-7-13(4-5-15(14)20)16-6-12(8-17)9-19(16)3/h4-5,7,10-12,16H,6,8-9,17H2,1-3H3. The molecule has 0 spiro atoms. The first-order valence-electron chi connectivity index (χ1n) is 7.47. The van der Waals surface area contributed by atoms with E-state index in [0.717, 1.165) is 25.0 Å². The quantitative estimate of drug-likeness (QED) is 0.934. The van der Waals surface area contributed by atoms with Gasteiger partial charge in [0, 0.05) is 18.6 Å². The van der Waals surface area contributed by atoms with Crippen molar-refractivity contribution in [2.75, 3.05) is 20.1 Å². The summed E-state index contributed by atoms with van der Waals surface area (Å²) in [4.78, 5) is 6.97. The lowest BCUT2D eigenvalue weighted by Crippen LogP contribution is -2.20. The lowest BCUT2D eigenvalue weighted by atomic mass is 9.99. The van der Waals surface area contributed by atoms with E-state index < -0.39 is 0 Å². The minimum atomic E-state index is 0.446. The van der Waals surface area contributed by atoms with Crippen molar-refractivity contribution in [2.24, 2.45) is 11.7 Å². The van der Waals surface area contributed by atoms with Crippen molar-refractivity contribution in [1.29, 1.82) is 0 Å². The molecular weight excluding hydrogens is 248 g/mol. The maximum Gasteiger partial charge on any atom is 0.0960 e. The molecule has 1 aromatic carbocycles. The van der Waals surface area contributed by atoms with Gasteiger partial charge in [-0.2, -0.15) is 0 Å². The Bertz CT molecular complexity index is 602. The Morgan fingerprint density at radius 1 is 1.40 bits per heavy atom. The van der Waals surface area contributed by atoms with Gasteiger partial charge in [-0.15, -0.1) is 0 Å². The van der Waals surface area contributed by atoms with E-state index in [1.807, 2.05) is 6.33 Å². The van der Waals surface area contributed by atoms with Crippen LogP contribution >= 0.6 is 0 Å². The highest BCUT2D eigenvalue weighted by atomic mass is 15.2. The zero-order chi connectivity index (χ0) is 14.3. The third-order valence-corrected chi connectivity index (χ3v) is 4.51. The molecule has 1 saturated heterocycles. The van der Waals surface area contributed by atoms with E-state index in [1.165, 1.54) is 11.1 Å². The highest BCUT2D eigenvalue weighted by molar-refractivity contribution is 5.76. The van der Waals surface area contributed by atoms with Crippen molar-refractivity contribution in [3.05, 3.63) is 30.1 Å². The summed E-state index contributed by atoms with van der Waals surface area (Å²) in [6, 6.07) is 7.64. The fourth-order valence-electron chi connectivity index (χ4n) is 3.33. The van der Waals surface area contributed by atoms with Crippen molar-refractivity contribution < 1.29 is 0 Å². The Labute approximate surface area is 120 Å². The molecule has 20 heavy (non-hydrogen) atoms. The van der Waals surface area contributed by atoms with Gasteiger partial charge in [0.1, 0.15) is 0 Å². The maximum atomic E-state index is 5.82. The molecule has 0 amide bonds. The molecule has 0 saturated carbocycles. The number of imidazole rings is 1. The molecule has 1 fully saturated rings. The molecule has 0 aliphatic carbocycles. The number of aromatic nitrogens is 2. The number of hydrogen-bond acceptors (Lipinski definition) is 3. The summed E-state index contributed by atoms with van der Waals surface area (Å²) < 4.78 is 2.22. The first-order valence-corrected chi connectivity index (χ1v) is 7.47. The molecule has 108 valence electrons. The molecule has 4 heteroatoms. The van der Waals surface area contributed by atoms with Crippen LogP contribution in [0.1, 0.15) is 37.9 Å². The van der Waals surface area contributed by atoms with Gasteiger partial charge in [-0.25, -0.2) is 4.98 Å². The minimum absolute atomic E-state index is 0.446. The molecule has 2 aromatic rings. The number of fused-ring (bicyclic) bond motifs is 1. The van der Waals surface area contributed by atoms with Crippen LogP contribution in [-0.2, 0) is 0 Å². The molecule has 1 aliphatic rings. The lowest BCUT2D eigenvalue weighted by molar-refractivity contribution is 0.314. The lowest BCUT2D eigenvalue weighted by Gasteiger charge is -2.19.